The Morgan fingerprint density at radius 2 is 1.91 bits per heavy atom. The molecule has 0 unspecified atom stereocenters. The molecule has 0 aromatic carbocycles. The Labute approximate surface area is 136 Å². The van der Waals surface area contributed by atoms with Gasteiger partial charge in [0.1, 0.15) is 0 Å². The van der Waals surface area contributed by atoms with Crippen molar-refractivity contribution < 1.29 is 9.53 Å². The molecular weight excluding hydrogens is 276 g/mol. The fourth-order valence-corrected chi connectivity index (χ4v) is 3.95. The summed E-state index contributed by atoms with van der Waals surface area (Å²) >= 11 is 0. The Balaban J connectivity index is 1.70. The number of ether oxygens (including phenoxy) is 1. The maximum Gasteiger partial charge on any atom is 0.317 e. The molecule has 22 heavy (non-hydrogen) atoms. The highest BCUT2D eigenvalue weighted by molar-refractivity contribution is 5.73. The molecule has 4 nitrogen and oxygen atoms in total. The molecule has 0 bridgehead atoms. The van der Waals surface area contributed by atoms with Crippen molar-refractivity contribution in [1.29, 1.82) is 0 Å². The Kier molecular flexibility index (Phi) is 6.54. The van der Waals surface area contributed by atoms with Crippen LogP contribution in [-0.4, -0.2) is 43.8 Å². The van der Waals surface area contributed by atoms with E-state index in [1.54, 1.807) is 0 Å². The minimum absolute atomic E-state index is 0.0769. The summed E-state index contributed by atoms with van der Waals surface area (Å²) in [6.07, 6.45) is 6.53. The van der Waals surface area contributed by atoms with Crippen molar-refractivity contribution in [2.45, 2.75) is 59.0 Å². The van der Waals surface area contributed by atoms with Crippen molar-refractivity contribution in [1.82, 2.24) is 10.2 Å². The summed E-state index contributed by atoms with van der Waals surface area (Å²) in [4.78, 5) is 14.2. The molecule has 2 fully saturated rings. The van der Waals surface area contributed by atoms with Crippen LogP contribution in [0, 0.1) is 23.7 Å². The van der Waals surface area contributed by atoms with Gasteiger partial charge in [0.15, 0.2) is 0 Å². The molecule has 0 spiro atoms. The third-order valence-electron chi connectivity index (χ3n) is 5.45. The number of nitrogens with zero attached hydrogens (tertiary/aromatic N) is 1. The van der Waals surface area contributed by atoms with E-state index in [0.717, 1.165) is 32.0 Å². The Bertz CT molecular complexity index is 351. The standard InChI is InChI=1S/C18H34N2O2/c1-13(2)17-16(9-10-22-17)11-19-18(21)20(4)12-15-7-5-14(3)6-8-15/h13-17H,5-12H2,1-4H3,(H,19,21)/t14?,15?,16-,17+/m0/s1. The maximum absolute atomic E-state index is 12.3. The predicted molar refractivity (Wildman–Crippen MR) is 89.8 cm³/mol. The largest absolute Gasteiger partial charge is 0.378 e. The van der Waals surface area contributed by atoms with Gasteiger partial charge in [0.2, 0.25) is 0 Å². The van der Waals surface area contributed by atoms with E-state index in [9.17, 15) is 4.79 Å². The number of hydrogen-bond donors (Lipinski definition) is 1. The lowest BCUT2D eigenvalue weighted by Gasteiger charge is -2.30. The number of amides is 2. The van der Waals surface area contributed by atoms with Crippen LogP contribution in [0.3, 0.4) is 0 Å². The van der Waals surface area contributed by atoms with Gasteiger partial charge in [-0.25, -0.2) is 4.79 Å². The molecule has 128 valence electrons. The third-order valence-corrected chi connectivity index (χ3v) is 5.45. The summed E-state index contributed by atoms with van der Waals surface area (Å²) in [7, 11) is 1.93. The van der Waals surface area contributed by atoms with Gasteiger partial charge in [0, 0.05) is 32.7 Å². The van der Waals surface area contributed by atoms with Gasteiger partial charge in [0.25, 0.3) is 0 Å². The monoisotopic (exact) mass is 310 g/mol. The first-order valence-electron chi connectivity index (χ1n) is 9.08. The normalized spacial score (nSPS) is 32.2. The molecular formula is C18H34N2O2. The van der Waals surface area contributed by atoms with Crippen LogP contribution in [0.5, 0.6) is 0 Å². The van der Waals surface area contributed by atoms with Gasteiger partial charge in [-0.05, 0) is 37.0 Å². The lowest BCUT2D eigenvalue weighted by molar-refractivity contribution is 0.0542. The van der Waals surface area contributed by atoms with E-state index >= 15 is 0 Å². The van der Waals surface area contributed by atoms with Gasteiger partial charge in [-0.2, -0.15) is 0 Å². The summed E-state index contributed by atoms with van der Waals surface area (Å²) in [5, 5.41) is 3.11. The first-order valence-corrected chi connectivity index (χ1v) is 9.08. The van der Waals surface area contributed by atoms with E-state index < -0.39 is 0 Å². The summed E-state index contributed by atoms with van der Waals surface area (Å²) in [6.45, 7) is 9.20. The van der Waals surface area contributed by atoms with Crippen LogP contribution in [0.2, 0.25) is 0 Å². The lowest BCUT2D eigenvalue weighted by Crippen LogP contribution is -2.43. The van der Waals surface area contributed by atoms with E-state index in [2.05, 4.69) is 26.1 Å². The lowest BCUT2D eigenvalue weighted by atomic mass is 9.83. The number of carbonyl (C=O) groups excluding carboxylic acids is 1. The second-order valence-corrected chi connectivity index (χ2v) is 7.82. The minimum atomic E-state index is 0.0769. The van der Waals surface area contributed by atoms with Crippen molar-refractivity contribution in [2.24, 2.45) is 23.7 Å². The first-order chi connectivity index (χ1) is 10.5. The van der Waals surface area contributed by atoms with Crippen LogP contribution in [0.25, 0.3) is 0 Å². The topological polar surface area (TPSA) is 41.6 Å². The predicted octanol–water partition coefficient (Wildman–Crippen LogP) is 3.52. The molecule has 1 aliphatic heterocycles. The fourth-order valence-electron chi connectivity index (χ4n) is 3.95. The van der Waals surface area contributed by atoms with Gasteiger partial charge < -0.3 is 15.0 Å². The van der Waals surface area contributed by atoms with Crippen molar-refractivity contribution in [3.63, 3.8) is 0 Å². The van der Waals surface area contributed by atoms with Gasteiger partial charge in [-0.15, -0.1) is 0 Å². The van der Waals surface area contributed by atoms with Crippen molar-refractivity contribution in [2.75, 3.05) is 26.7 Å². The highest BCUT2D eigenvalue weighted by atomic mass is 16.5. The Morgan fingerprint density at radius 1 is 1.23 bits per heavy atom. The molecule has 4 heteroatoms. The summed E-state index contributed by atoms with van der Waals surface area (Å²) in [6, 6.07) is 0.0769. The highest BCUT2D eigenvalue weighted by Gasteiger charge is 2.31. The van der Waals surface area contributed by atoms with Crippen molar-refractivity contribution >= 4 is 6.03 Å². The second kappa shape index (κ2) is 8.19. The van der Waals surface area contributed by atoms with Gasteiger partial charge in [-0.3, -0.25) is 0 Å². The Morgan fingerprint density at radius 3 is 2.55 bits per heavy atom. The quantitative estimate of drug-likeness (QED) is 0.844. The van der Waals surface area contributed by atoms with Gasteiger partial charge in [0.05, 0.1) is 6.10 Å². The zero-order valence-electron chi connectivity index (χ0n) is 14.8. The van der Waals surface area contributed by atoms with Crippen LogP contribution in [0.1, 0.15) is 52.9 Å². The van der Waals surface area contributed by atoms with E-state index in [-0.39, 0.29) is 6.03 Å². The summed E-state index contributed by atoms with van der Waals surface area (Å²) in [5.41, 5.74) is 0. The minimum Gasteiger partial charge on any atom is -0.378 e. The molecule has 0 aromatic rings. The van der Waals surface area contributed by atoms with Crippen LogP contribution < -0.4 is 5.32 Å². The second-order valence-electron chi connectivity index (χ2n) is 7.82. The molecule has 2 rings (SSSR count). The molecule has 1 heterocycles. The van der Waals surface area contributed by atoms with Crippen LogP contribution in [0.15, 0.2) is 0 Å². The first kappa shape index (κ1) is 17.6. The highest BCUT2D eigenvalue weighted by Crippen LogP contribution is 2.29. The number of carbonyl (C=O) groups is 1. The van der Waals surface area contributed by atoms with Crippen LogP contribution in [0.4, 0.5) is 4.79 Å². The number of rotatable bonds is 5. The van der Waals surface area contributed by atoms with E-state index in [1.807, 2.05) is 11.9 Å². The molecule has 1 saturated heterocycles. The molecule has 2 amide bonds. The van der Waals surface area contributed by atoms with Crippen molar-refractivity contribution in [3.05, 3.63) is 0 Å². The molecule has 0 aromatic heterocycles. The Hall–Kier alpha value is -0.770. The smallest absolute Gasteiger partial charge is 0.317 e. The average molecular weight is 310 g/mol. The zero-order valence-corrected chi connectivity index (χ0v) is 14.8. The maximum atomic E-state index is 12.3. The van der Waals surface area contributed by atoms with E-state index in [0.29, 0.717) is 23.9 Å². The molecule has 0 radical (unpaired) electrons. The fraction of sp³-hybridized carbons (Fsp3) is 0.944. The van der Waals surface area contributed by atoms with Gasteiger partial charge in [-0.1, -0.05) is 33.6 Å². The molecule has 1 saturated carbocycles. The molecule has 1 N–H and O–H groups in total. The SMILES string of the molecule is CC1CCC(CN(C)C(=O)NC[C@@H]2CCO[C@@H]2C(C)C)CC1. The number of urea groups is 1. The van der Waals surface area contributed by atoms with Crippen molar-refractivity contribution in [3.8, 4) is 0 Å². The zero-order chi connectivity index (χ0) is 16.1. The molecule has 2 atom stereocenters. The number of hydrogen-bond acceptors (Lipinski definition) is 2. The summed E-state index contributed by atoms with van der Waals surface area (Å²) < 4.78 is 5.79. The molecule has 2 aliphatic rings. The van der Waals surface area contributed by atoms with E-state index in [1.165, 1.54) is 25.7 Å². The average Bonchev–Trinajstić information content (AvgIpc) is 2.95. The third kappa shape index (κ3) is 4.87. The van der Waals surface area contributed by atoms with E-state index in [4.69, 9.17) is 4.74 Å². The molecule has 1 aliphatic carbocycles. The summed E-state index contributed by atoms with van der Waals surface area (Å²) in [5.74, 6) is 2.54. The van der Waals surface area contributed by atoms with Gasteiger partial charge >= 0.3 is 6.03 Å². The van der Waals surface area contributed by atoms with Crippen LogP contribution in [-0.2, 0) is 4.74 Å². The number of nitrogens with one attached hydrogen (secondary N) is 1. The van der Waals surface area contributed by atoms with Crippen LogP contribution >= 0.6 is 0 Å².